The third-order valence-corrected chi connectivity index (χ3v) is 6.97. The molecule has 2 amide bonds. The molecule has 2 fully saturated rings. The van der Waals surface area contributed by atoms with Crippen molar-refractivity contribution in [3.8, 4) is 5.75 Å². The topological polar surface area (TPSA) is 58.6 Å². The minimum Gasteiger partial charge on any atom is -0.497 e. The van der Waals surface area contributed by atoms with Crippen molar-refractivity contribution in [2.24, 2.45) is 11.8 Å². The van der Waals surface area contributed by atoms with Crippen molar-refractivity contribution in [2.75, 3.05) is 20.2 Å². The van der Waals surface area contributed by atoms with Crippen molar-refractivity contribution in [3.05, 3.63) is 77.9 Å². The number of carbonyl (C=O) groups excluding carboxylic acids is 2. The molecule has 0 spiro atoms. The summed E-state index contributed by atoms with van der Waals surface area (Å²) in [7, 11) is 1.66. The van der Waals surface area contributed by atoms with E-state index in [1.165, 1.54) is 0 Å². The van der Waals surface area contributed by atoms with E-state index >= 15 is 0 Å². The number of methoxy groups -OCH3 is 1. The molecule has 1 N–H and O–H groups in total. The number of fused-ring (bicyclic) bond motifs is 1. The van der Waals surface area contributed by atoms with E-state index in [2.05, 4.69) is 5.32 Å². The van der Waals surface area contributed by atoms with Crippen LogP contribution in [-0.2, 0) is 4.79 Å². The maximum atomic E-state index is 13.4. The van der Waals surface area contributed by atoms with E-state index in [-0.39, 0.29) is 23.8 Å². The Hall–Kier alpha value is -3.34. The van der Waals surface area contributed by atoms with Gasteiger partial charge in [-0.1, -0.05) is 48.5 Å². The second-order valence-electron chi connectivity index (χ2n) is 9.21. The lowest BCUT2D eigenvalue weighted by atomic mass is 9.94. The molecule has 0 bridgehead atoms. The van der Waals surface area contributed by atoms with E-state index in [0.717, 1.165) is 47.8 Å². The van der Waals surface area contributed by atoms with E-state index < -0.39 is 0 Å². The lowest BCUT2D eigenvalue weighted by Crippen LogP contribution is -2.46. The predicted molar refractivity (Wildman–Crippen MR) is 129 cm³/mol. The summed E-state index contributed by atoms with van der Waals surface area (Å²) in [5.41, 5.74) is 1.83. The molecule has 2 unspecified atom stereocenters. The molecule has 3 aromatic rings. The van der Waals surface area contributed by atoms with Gasteiger partial charge in [0.15, 0.2) is 0 Å². The Morgan fingerprint density at radius 3 is 2.48 bits per heavy atom. The second kappa shape index (κ2) is 9.26. The number of ether oxygens (including phenoxy) is 1. The molecule has 33 heavy (non-hydrogen) atoms. The number of hydrogen-bond donors (Lipinski definition) is 1. The molecule has 0 radical (unpaired) electrons. The second-order valence-corrected chi connectivity index (χ2v) is 9.21. The number of hydrogen-bond acceptors (Lipinski definition) is 3. The van der Waals surface area contributed by atoms with Crippen LogP contribution in [0.15, 0.2) is 66.7 Å². The number of carbonyl (C=O) groups is 2. The Balaban J connectivity index is 1.29. The van der Waals surface area contributed by atoms with Gasteiger partial charge in [0.2, 0.25) is 5.91 Å². The Bertz CT molecular complexity index is 1150. The summed E-state index contributed by atoms with van der Waals surface area (Å²) in [5.74, 6) is 1.18. The normalized spacial score (nSPS) is 19.2. The molecular formula is C28H30N2O3. The monoisotopic (exact) mass is 442 g/mol. The fourth-order valence-electron chi connectivity index (χ4n) is 4.94. The van der Waals surface area contributed by atoms with Crippen molar-refractivity contribution < 1.29 is 14.3 Å². The molecule has 2 atom stereocenters. The van der Waals surface area contributed by atoms with Crippen LogP contribution in [0.3, 0.4) is 0 Å². The summed E-state index contributed by atoms with van der Waals surface area (Å²) in [4.78, 5) is 28.5. The average Bonchev–Trinajstić information content (AvgIpc) is 3.72. The number of amides is 2. The van der Waals surface area contributed by atoms with Crippen LogP contribution >= 0.6 is 0 Å². The highest BCUT2D eigenvalue weighted by Gasteiger charge is 2.36. The van der Waals surface area contributed by atoms with Crippen LogP contribution in [0.4, 0.5) is 0 Å². The summed E-state index contributed by atoms with van der Waals surface area (Å²) >= 11 is 0. The summed E-state index contributed by atoms with van der Waals surface area (Å²) in [6.45, 7) is 1.16. The average molecular weight is 443 g/mol. The van der Waals surface area contributed by atoms with Gasteiger partial charge in [-0.3, -0.25) is 9.59 Å². The van der Waals surface area contributed by atoms with Crippen molar-refractivity contribution in [2.45, 2.75) is 31.7 Å². The molecule has 3 aromatic carbocycles. The van der Waals surface area contributed by atoms with Crippen LogP contribution in [0.25, 0.3) is 10.8 Å². The van der Waals surface area contributed by atoms with Crippen LogP contribution in [0.1, 0.15) is 47.6 Å². The molecule has 1 saturated heterocycles. The molecule has 1 aliphatic carbocycles. The van der Waals surface area contributed by atoms with Gasteiger partial charge in [-0.05, 0) is 66.1 Å². The number of likely N-dealkylation sites (tertiary alicyclic amines) is 1. The Morgan fingerprint density at radius 1 is 0.970 bits per heavy atom. The summed E-state index contributed by atoms with van der Waals surface area (Å²) in [5, 5.41) is 5.33. The van der Waals surface area contributed by atoms with Gasteiger partial charge in [0.1, 0.15) is 5.75 Å². The molecule has 5 nitrogen and oxygen atoms in total. The number of nitrogens with zero attached hydrogens (tertiary/aromatic N) is 1. The Morgan fingerprint density at radius 2 is 1.73 bits per heavy atom. The highest BCUT2D eigenvalue weighted by atomic mass is 16.5. The maximum Gasteiger partial charge on any atom is 0.254 e. The molecule has 5 rings (SSSR count). The first-order chi connectivity index (χ1) is 16.1. The van der Waals surface area contributed by atoms with Gasteiger partial charge < -0.3 is 15.0 Å². The minimum absolute atomic E-state index is 0.0122. The fraction of sp³-hybridized carbons (Fsp3) is 0.357. The van der Waals surface area contributed by atoms with Crippen LogP contribution in [0.5, 0.6) is 5.75 Å². The standard InChI is InChI=1S/C28H30N2O3/c1-33-23-15-13-21(14-16-23)26(20-11-12-20)29-27(31)22-8-5-17-30(18-22)28(32)25-10-4-7-19-6-2-3-9-24(19)25/h2-4,6-7,9-10,13-16,20,22,26H,5,8,11-12,17-18H2,1H3,(H,29,31). The third-order valence-electron chi connectivity index (χ3n) is 6.97. The zero-order valence-corrected chi connectivity index (χ0v) is 19.0. The first kappa shape index (κ1) is 21.5. The van der Waals surface area contributed by atoms with E-state index in [1.807, 2.05) is 71.6 Å². The number of nitrogens with one attached hydrogen (secondary N) is 1. The molecule has 1 heterocycles. The van der Waals surface area contributed by atoms with Crippen molar-refractivity contribution in [3.63, 3.8) is 0 Å². The zero-order valence-electron chi connectivity index (χ0n) is 19.0. The summed E-state index contributed by atoms with van der Waals surface area (Å²) in [6, 6.07) is 21.8. The largest absolute Gasteiger partial charge is 0.497 e. The fourth-order valence-corrected chi connectivity index (χ4v) is 4.94. The lowest BCUT2D eigenvalue weighted by molar-refractivity contribution is -0.127. The highest BCUT2D eigenvalue weighted by molar-refractivity contribution is 6.07. The zero-order chi connectivity index (χ0) is 22.8. The van der Waals surface area contributed by atoms with E-state index in [4.69, 9.17) is 4.74 Å². The van der Waals surface area contributed by atoms with Gasteiger partial charge in [0, 0.05) is 18.7 Å². The molecule has 0 aromatic heterocycles. The number of benzene rings is 3. The van der Waals surface area contributed by atoms with Gasteiger partial charge in [0.05, 0.1) is 19.1 Å². The molecule has 2 aliphatic rings. The van der Waals surface area contributed by atoms with E-state index in [9.17, 15) is 9.59 Å². The molecular weight excluding hydrogens is 412 g/mol. The van der Waals surface area contributed by atoms with Gasteiger partial charge in [-0.2, -0.15) is 0 Å². The Kier molecular flexibility index (Phi) is 6.03. The first-order valence-corrected chi connectivity index (χ1v) is 11.9. The lowest BCUT2D eigenvalue weighted by Gasteiger charge is -2.33. The van der Waals surface area contributed by atoms with Gasteiger partial charge in [-0.15, -0.1) is 0 Å². The van der Waals surface area contributed by atoms with Crippen molar-refractivity contribution >= 4 is 22.6 Å². The Labute approximate surface area is 194 Å². The van der Waals surface area contributed by atoms with E-state index in [0.29, 0.717) is 24.6 Å². The minimum atomic E-state index is -0.183. The number of rotatable bonds is 6. The van der Waals surface area contributed by atoms with Gasteiger partial charge >= 0.3 is 0 Å². The molecule has 1 saturated carbocycles. The summed E-state index contributed by atoms with van der Waals surface area (Å²) in [6.07, 6.45) is 3.91. The van der Waals surface area contributed by atoms with Gasteiger partial charge in [-0.25, -0.2) is 0 Å². The summed E-state index contributed by atoms with van der Waals surface area (Å²) < 4.78 is 5.27. The van der Waals surface area contributed by atoms with Crippen molar-refractivity contribution in [1.82, 2.24) is 10.2 Å². The van der Waals surface area contributed by atoms with Crippen LogP contribution in [0.2, 0.25) is 0 Å². The highest BCUT2D eigenvalue weighted by Crippen LogP contribution is 2.41. The predicted octanol–water partition coefficient (Wildman–Crippen LogP) is 4.97. The number of piperidine rings is 1. The quantitative estimate of drug-likeness (QED) is 0.587. The molecule has 170 valence electrons. The van der Waals surface area contributed by atoms with E-state index in [1.54, 1.807) is 7.11 Å². The third kappa shape index (κ3) is 4.58. The smallest absolute Gasteiger partial charge is 0.254 e. The van der Waals surface area contributed by atoms with Crippen LogP contribution in [0, 0.1) is 11.8 Å². The first-order valence-electron chi connectivity index (χ1n) is 11.9. The van der Waals surface area contributed by atoms with Crippen molar-refractivity contribution in [1.29, 1.82) is 0 Å². The molecule has 5 heteroatoms. The van der Waals surface area contributed by atoms with Gasteiger partial charge in [0.25, 0.3) is 5.91 Å². The van der Waals surface area contributed by atoms with Crippen LogP contribution < -0.4 is 10.1 Å². The maximum absolute atomic E-state index is 13.4. The SMILES string of the molecule is COc1ccc(C(NC(=O)C2CCCN(C(=O)c3cccc4ccccc34)C2)C2CC2)cc1. The van der Waals surface area contributed by atoms with Crippen LogP contribution in [-0.4, -0.2) is 36.9 Å². The molecule has 1 aliphatic heterocycles.